The van der Waals surface area contributed by atoms with Crippen LogP contribution in [0.5, 0.6) is 0 Å². The first-order valence-corrected chi connectivity index (χ1v) is 8.04. The maximum Gasteiger partial charge on any atom is 0.188 e. The van der Waals surface area contributed by atoms with E-state index in [1.54, 1.807) is 7.11 Å². The number of hydrogen-bond donors (Lipinski definition) is 2. The van der Waals surface area contributed by atoms with Gasteiger partial charge in [-0.25, -0.2) is 0 Å². The molecule has 1 saturated carbocycles. The van der Waals surface area contributed by atoms with Crippen LogP contribution < -0.4 is 11.1 Å². The molecular formula is C15H32N4O. The van der Waals surface area contributed by atoms with Gasteiger partial charge in [-0.15, -0.1) is 0 Å². The number of rotatable bonds is 12. The van der Waals surface area contributed by atoms with E-state index >= 15 is 0 Å². The van der Waals surface area contributed by atoms with Gasteiger partial charge in [0.2, 0.25) is 0 Å². The largest absolute Gasteiger partial charge is 0.383 e. The van der Waals surface area contributed by atoms with Gasteiger partial charge in [0.05, 0.1) is 6.61 Å². The molecule has 0 amide bonds. The van der Waals surface area contributed by atoms with Crippen molar-refractivity contribution in [1.29, 1.82) is 0 Å². The lowest BCUT2D eigenvalue weighted by molar-refractivity contribution is 0.144. The smallest absolute Gasteiger partial charge is 0.188 e. The summed E-state index contributed by atoms with van der Waals surface area (Å²) >= 11 is 0. The summed E-state index contributed by atoms with van der Waals surface area (Å²) in [5, 5.41) is 3.21. The van der Waals surface area contributed by atoms with E-state index in [1.807, 2.05) is 0 Å². The maximum atomic E-state index is 5.86. The molecule has 0 spiro atoms. The fraction of sp³-hybridized carbons (Fsp3) is 0.933. The lowest BCUT2D eigenvalue weighted by Gasteiger charge is -2.21. The number of nitrogens with one attached hydrogen (secondary N) is 1. The van der Waals surface area contributed by atoms with E-state index in [9.17, 15) is 0 Å². The molecule has 0 bridgehead atoms. The van der Waals surface area contributed by atoms with Crippen molar-refractivity contribution in [2.75, 3.05) is 39.9 Å². The van der Waals surface area contributed by atoms with Gasteiger partial charge in [-0.1, -0.05) is 26.2 Å². The van der Waals surface area contributed by atoms with E-state index in [1.165, 1.54) is 32.1 Å². The van der Waals surface area contributed by atoms with Crippen LogP contribution in [0.3, 0.4) is 0 Å². The average molecular weight is 284 g/mol. The Morgan fingerprint density at radius 3 is 2.75 bits per heavy atom. The van der Waals surface area contributed by atoms with Crippen LogP contribution >= 0.6 is 0 Å². The summed E-state index contributed by atoms with van der Waals surface area (Å²) in [5.74, 6) is 0.587. The molecule has 0 radical (unpaired) electrons. The van der Waals surface area contributed by atoms with Gasteiger partial charge < -0.3 is 15.8 Å². The molecule has 0 aromatic rings. The van der Waals surface area contributed by atoms with Gasteiger partial charge in [-0.3, -0.25) is 9.89 Å². The molecule has 1 fully saturated rings. The van der Waals surface area contributed by atoms with Crippen molar-refractivity contribution < 1.29 is 4.74 Å². The van der Waals surface area contributed by atoms with Crippen LogP contribution in [0.2, 0.25) is 0 Å². The van der Waals surface area contributed by atoms with Crippen molar-refractivity contribution in [1.82, 2.24) is 10.2 Å². The molecule has 1 rings (SSSR count). The van der Waals surface area contributed by atoms with Crippen LogP contribution in [0.25, 0.3) is 0 Å². The van der Waals surface area contributed by atoms with Crippen LogP contribution in [-0.2, 0) is 4.74 Å². The lowest BCUT2D eigenvalue weighted by atomic mass is 10.2. The monoisotopic (exact) mass is 284 g/mol. The summed E-state index contributed by atoms with van der Waals surface area (Å²) in [6.07, 6.45) is 7.59. The van der Waals surface area contributed by atoms with Gasteiger partial charge in [-0.05, 0) is 19.3 Å². The van der Waals surface area contributed by atoms with Crippen molar-refractivity contribution in [2.45, 2.75) is 51.5 Å². The Hall–Kier alpha value is -0.810. The van der Waals surface area contributed by atoms with E-state index < -0.39 is 0 Å². The molecule has 5 heteroatoms. The molecule has 0 heterocycles. The zero-order valence-corrected chi connectivity index (χ0v) is 13.2. The number of methoxy groups -OCH3 is 1. The highest BCUT2D eigenvalue weighted by molar-refractivity contribution is 5.77. The zero-order valence-electron chi connectivity index (χ0n) is 13.2. The molecule has 0 aromatic heterocycles. The Morgan fingerprint density at radius 2 is 2.10 bits per heavy atom. The number of nitrogens with two attached hydrogens (primary N) is 1. The highest BCUT2D eigenvalue weighted by Gasteiger charge is 2.27. The Kier molecular flexibility index (Phi) is 9.41. The molecule has 0 atom stereocenters. The summed E-state index contributed by atoms with van der Waals surface area (Å²) in [5.41, 5.74) is 5.86. The molecule has 0 aromatic carbocycles. The van der Waals surface area contributed by atoms with Gasteiger partial charge in [-0.2, -0.15) is 0 Å². The van der Waals surface area contributed by atoms with E-state index in [0.717, 1.165) is 45.2 Å². The third-order valence-corrected chi connectivity index (χ3v) is 3.64. The number of guanidine groups is 1. The van der Waals surface area contributed by atoms with Gasteiger partial charge in [0.15, 0.2) is 5.96 Å². The molecule has 1 aliphatic carbocycles. The second-order valence-electron chi connectivity index (χ2n) is 5.51. The van der Waals surface area contributed by atoms with E-state index in [-0.39, 0.29) is 0 Å². The maximum absolute atomic E-state index is 5.86. The molecule has 0 aliphatic heterocycles. The van der Waals surface area contributed by atoms with E-state index in [2.05, 4.69) is 22.1 Å². The molecule has 0 unspecified atom stereocenters. The number of ether oxygens (including phenoxy) is 1. The van der Waals surface area contributed by atoms with Crippen molar-refractivity contribution in [3.63, 3.8) is 0 Å². The molecule has 5 nitrogen and oxygen atoms in total. The Morgan fingerprint density at radius 1 is 1.30 bits per heavy atom. The second kappa shape index (κ2) is 10.9. The molecule has 20 heavy (non-hydrogen) atoms. The third kappa shape index (κ3) is 8.38. The summed E-state index contributed by atoms with van der Waals surface area (Å²) < 4.78 is 5.15. The molecule has 3 N–H and O–H groups in total. The van der Waals surface area contributed by atoms with Gasteiger partial charge >= 0.3 is 0 Å². The minimum atomic E-state index is 0.587. The van der Waals surface area contributed by atoms with Crippen molar-refractivity contribution in [3.8, 4) is 0 Å². The van der Waals surface area contributed by atoms with Crippen molar-refractivity contribution in [3.05, 3.63) is 0 Å². The normalized spacial score (nSPS) is 15.8. The summed E-state index contributed by atoms with van der Waals surface area (Å²) in [6, 6.07) is 0.763. The quantitative estimate of drug-likeness (QED) is 0.324. The Bertz CT molecular complexity index is 267. The fourth-order valence-corrected chi connectivity index (χ4v) is 2.25. The van der Waals surface area contributed by atoms with E-state index in [0.29, 0.717) is 5.96 Å². The highest BCUT2D eigenvalue weighted by atomic mass is 16.5. The average Bonchev–Trinajstić information content (AvgIpc) is 3.27. The van der Waals surface area contributed by atoms with Gasteiger partial charge in [0.25, 0.3) is 0 Å². The first-order chi connectivity index (χ1) is 9.77. The minimum Gasteiger partial charge on any atom is -0.383 e. The van der Waals surface area contributed by atoms with Crippen LogP contribution in [-0.4, -0.2) is 56.8 Å². The fourth-order valence-electron chi connectivity index (χ4n) is 2.25. The zero-order chi connectivity index (χ0) is 14.6. The van der Waals surface area contributed by atoms with E-state index in [4.69, 9.17) is 10.5 Å². The topological polar surface area (TPSA) is 62.9 Å². The highest BCUT2D eigenvalue weighted by Crippen LogP contribution is 2.25. The third-order valence-electron chi connectivity index (χ3n) is 3.64. The van der Waals surface area contributed by atoms with Gasteiger partial charge in [0, 0.05) is 39.3 Å². The molecule has 118 valence electrons. The second-order valence-corrected chi connectivity index (χ2v) is 5.51. The molecule has 0 saturated heterocycles. The summed E-state index contributed by atoms with van der Waals surface area (Å²) in [4.78, 5) is 6.83. The van der Waals surface area contributed by atoms with Crippen molar-refractivity contribution >= 4 is 5.96 Å². The van der Waals surface area contributed by atoms with Crippen LogP contribution in [0.4, 0.5) is 0 Å². The van der Waals surface area contributed by atoms with Crippen LogP contribution in [0.15, 0.2) is 4.99 Å². The SMILES string of the molecule is CCCCCCN=C(N)NCCN(CCOC)C1CC1. The number of unbranched alkanes of at least 4 members (excludes halogenated alkanes) is 3. The predicted molar refractivity (Wildman–Crippen MR) is 85.1 cm³/mol. The van der Waals surface area contributed by atoms with Gasteiger partial charge in [0.1, 0.15) is 0 Å². The van der Waals surface area contributed by atoms with Crippen LogP contribution in [0.1, 0.15) is 45.4 Å². The Labute approximate surface area is 124 Å². The number of aliphatic imine (C=N–C) groups is 1. The molecular weight excluding hydrogens is 252 g/mol. The lowest BCUT2D eigenvalue weighted by Crippen LogP contribution is -2.40. The van der Waals surface area contributed by atoms with Crippen molar-refractivity contribution in [2.24, 2.45) is 10.7 Å². The number of nitrogens with zero attached hydrogens (tertiary/aromatic N) is 2. The molecule has 1 aliphatic rings. The summed E-state index contributed by atoms with van der Waals surface area (Å²) in [6.45, 7) is 6.75. The number of hydrogen-bond acceptors (Lipinski definition) is 3. The standard InChI is InChI=1S/C15H32N4O/c1-3-4-5-6-9-17-15(16)18-10-11-19(12-13-20-2)14-7-8-14/h14H,3-13H2,1-2H3,(H3,16,17,18). The predicted octanol–water partition coefficient (Wildman–Crippen LogP) is 1.58. The Balaban J connectivity index is 2.06. The first kappa shape index (κ1) is 17.2. The van der Waals surface area contributed by atoms with Crippen LogP contribution in [0, 0.1) is 0 Å². The first-order valence-electron chi connectivity index (χ1n) is 8.04. The summed E-state index contributed by atoms with van der Waals surface area (Å²) in [7, 11) is 1.76. The minimum absolute atomic E-state index is 0.587.